The minimum absolute atomic E-state index is 0.0905. The molecule has 0 saturated heterocycles. The molecule has 5 N–H and O–H groups in total. The van der Waals surface area contributed by atoms with Crippen molar-refractivity contribution in [3.8, 4) is 0 Å². The molecule has 0 heterocycles. The standard InChI is InChI=1S/C13H19N3O3/c1-13(2,12(19)15-3)7-16-10-5-4-8(14)6-9(10)11(17)18/h4-6,16H,7,14H2,1-3H3,(H,15,19)(H,17,18). The summed E-state index contributed by atoms with van der Waals surface area (Å²) < 4.78 is 0. The van der Waals surface area contributed by atoms with Crippen LogP contribution in [0.3, 0.4) is 0 Å². The molecule has 0 atom stereocenters. The fraction of sp³-hybridized carbons (Fsp3) is 0.385. The summed E-state index contributed by atoms with van der Waals surface area (Å²) in [4.78, 5) is 22.8. The van der Waals surface area contributed by atoms with Gasteiger partial charge in [-0.1, -0.05) is 0 Å². The van der Waals surface area contributed by atoms with E-state index in [9.17, 15) is 9.59 Å². The number of nitrogens with one attached hydrogen (secondary N) is 2. The summed E-state index contributed by atoms with van der Waals surface area (Å²) in [6.07, 6.45) is 0. The van der Waals surface area contributed by atoms with Crippen molar-refractivity contribution >= 4 is 23.3 Å². The highest BCUT2D eigenvalue weighted by atomic mass is 16.4. The molecule has 19 heavy (non-hydrogen) atoms. The van der Waals surface area contributed by atoms with Gasteiger partial charge in [0.2, 0.25) is 5.91 Å². The van der Waals surface area contributed by atoms with Crippen LogP contribution in [0.4, 0.5) is 11.4 Å². The van der Waals surface area contributed by atoms with Crippen LogP contribution in [-0.4, -0.2) is 30.6 Å². The molecule has 1 aromatic carbocycles. The van der Waals surface area contributed by atoms with Gasteiger partial charge in [-0.2, -0.15) is 0 Å². The summed E-state index contributed by atoms with van der Waals surface area (Å²) in [6, 6.07) is 4.60. The molecule has 0 unspecified atom stereocenters. The quantitative estimate of drug-likeness (QED) is 0.598. The Morgan fingerprint density at radius 3 is 2.53 bits per heavy atom. The van der Waals surface area contributed by atoms with Crippen LogP contribution in [-0.2, 0) is 4.79 Å². The molecule has 6 nitrogen and oxygen atoms in total. The van der Waals surface area contributed by atoms with E-state index < -0.39 is 11.4 Å². The summed E-state index contributed by atoms with van der Waals surface area (Å²) in [5.74, 6) is -1.18. The molecular formula is C13H19N3O3. The first kappa shape index (κ1) is 14.8. The monoisotopic (exact) mass is 265 g/mol. The lowest BCUT2D eigenvalue weighted by Crippen LogP contribution is -2.39. The third-order valence-electron chi connectivity index (χ3n) is 2.84. The van der Waals surface area contributed by atoms with Gasteiger partial charge in [-0.15, -0.1) is 0 Å². The topological polar surface area (TPSA) is 104 Å². The maximum Gasteiger partial charge on any atom is 0.337 e. The fourth-order valence-corrected chi connectivity index (χ4v) is 1.63. The van der Waals surface area contributed by atoms with Crippen molar-refractivity contribution in [2.45, 2.75) is 13.8 Å². The highest BCUT2D eigenvalue weighted by Crippen LogP contribution is 2.22. The molecule has 104 valence electrons. The van der Waals surface area contributed by atoms with E-state index in [1.807, 2.05) is 0 Å². The molecule has 0 aliphatic rings. The van der Waals surface area contributed by atoms with Gasteiger partial charge in [0.25, 0.3) is 0 Å². The smallest absolute Gasteiger partial charge is 0.337 e. The van der Waals surface area contributed by atoms with E-state index in [0.29, 0.717) is 17.9 Å². The molecular weight excluding hydrogens is 246 g/mol. The largest absolute Gasteiger partial charge is 0.478 e. The van der Waals surface area contributed by atoms with Gasteiger partial charge in [-0.3, -0.25) is 4.79 Å². The third-order valence-corrected chi connectivity index (χ3v) is 2.84. The molecule has 0 bridgehead atoms. The van der Waals surface area contributed by atoms with Crippen molar-refractivity contribution in [3.63, 3.8) is 0 Å². The number of anilines is 2. The zero-order valence-corrected chi connectivity index (χ0v) is 11.3. The van der Waals surface area contributed by atoms with Gasteiger partial charge in [0.05, 0.1) is 11.0 Å². The Labute approximate surface area is 112 Å². The van der Waals surface area contributed by atoms with Gasteiger partial charge < -0.3 is 21.5 Å². The number of amides is 1. The lowest BCUT2D eigenvalue weighted by atomic mass is 9.92. The van der Waals surface area contributed by atoms with Crippen LogP contribution in [0.1, 0.15) is 24.2 Å². The Morgan fingerprint density at radius 2 is 2.00 bits per heavy atom. The average molecular weight is 265 g/mol. The molecule has 0 radical (unpaired) electrons. The van der Waals surface area contributed by atoms with Crippen LogP contribution >= 0.6 is 0 Å². The van der Waals surface area contributed by atoms with E-state index in [4.69, 9.17) is 10.8 Å². The van der Waals surface area contributed by atoms with Gasteiger partial charge in [0.1, 0.15) is 0 Å². The third kappa shape index (κ3) is 3.61. The predicted molar refractivity (Wildman–Crippen MR) is 74.2 cm³/mol. The fourth-order valence-electron chi connectivity index (χ4n) is 1.63. The number of benzene rings is 1. The molecule has 1 amide bonds. The minimum Gasteiger partial charge on any atom is -0.478 e. The molecule has 0 aliphatic heterocycles. The number of hydrogen-bond acceptors (Lipinski definition) is 4. The first-order valence-corrected chi connectivity index (χ1v) is 5.87. The number of carbonyl (C=O) groups is 2. The van der Waals surface area contributed by atoms with Crippen LogP contribution in [0, 0.1) is 5.41 Å². The zero-order valence-electron chi connectivity index (χ0n) is 11.3. The molecule has 0 saturated carbocycles. The Bertz CT molecular complexity index is 498. The van der Waals surface area contributed by atoms with Gasteiger partial charge in [-0.25, -0.2) is 4.79 Å². The Balaban J connectivity index is 2.89. The maximum absolute atomic E-state index is 11.6. The van der Waals surface area contributed by atoms with Crippen molar-refractivity contribution in [1.29, 1.82) is 0 Å². The summed E-state index contributed by atoms with van der Waals surface area (Å²) in [5.41, 5.74) is 5.83. The van der Waals surface area contributed by atoms with Gasteiger partial charge in [0, 0.05) is 25.0 Å². The molecule has 0 fully saturated rings. The minimum atomic E-state index is -1.06. The second kappa shape index (κ2) is 5.60. The van der Waals surface area contributed by atoms with Crippen molar-refractivity contribution < 1.29 is 14.7 Å². The molecule has 1 rings (SSSR count). The highest BCUT2D eigenvalue weighted by molar-refractivity contribution is 5.95. The summed E-state index contributed by atoms with van der Waals surface area (Å²) in [7, 11) is 1.57. The number of carboxylic acid groups (broad SMARTS) is 1. The Morgan fingerprint density at radius 1 is 1.37 bits per heavy atom. The normalized spacial score (nSPS) is 10.9. The summed E-state index contributed by atoms with van der Waals surface area (Å²) >= 11 is 0. The Hall–Kier alpha value is -2.24. The average Bonchev–Trinajstić information content (AvgIpc) is 2.36. The number of hydrogen-bond donors (Lipinski definition) is 4. The van der Waals surface area contributed by atoms with E-state index >= 15 is 0 Å². The Kier molecular flexibility index (Phi) is 4.37. The maximum atomic E-state index is 11.6. The molecule has 0 aromatic heterocycles. The molecule has 6 heteroatoms. The first-order chi connectivity index (χ1) is 8.77. The van der Waals surface area contributed by atoms with E-state index in [2.05, 4.69) is 10.6 Å². The van der Waals surface area contributed by atoms with Crippen LogP contribution in [0.25, 0.3) is 0 Å². The van der Waals surface area contributed by atoms with Crippen LogP contribution in [0.15, 0.2) is 18.2 Å². The van der Waals surface area contributed by atoms with E-state index in [1.54, 1.807) is 33.0 Å². The lowest BCUT2D eigenvalue weighted by molar-refractivity contribution is -0.128. The SMILES string of the molecule is CNC(=O)C(C)(C)CNc1ccc(N)cc1C(=O)O. The van der Waals surface area contributed by atoms with Gasteiger partial charge in [0.15, 0.2) is 0 Å². The molecule has 0 aliphatic carbocycles. The van der Waals surface area contributed by atoms with E-state index in [0.717, 1.165) is 0 Å². The van der Waals surface area contributed by atoms with Crippen molar-refractivity contribution in [1.82, 2.24) is 5.32 Å². The second-order valence-corrected chi connectivity index (χ2v) is 4.93. The summed E-state index contributed by atoms with van der Waals surface area (Å²) in [6.45, 7) is 3.87. The zero-order chi connectivity index (χ0) is 14.6. The lowest BCUT2D eigenvalue weighted by Gasteiger charge is -2.24. The van der Waals surface area contributed by atoms with Gasteiger partial charge >= 0.3 is 5.97 Å². The van der Waals surface area contributed by atoms with Crippen LogP contribution in [0.5, 0.6) is 0 Å². The van der Waals surface area contributed by atoms with Crippen LogP contribution in [0.2, 0.25) is 0 Å². The highest BCUT2D eigenvalue weighted by Gasteiger charge is 2.26. The van der Waals surface area contributed by atoms with Crippen molar-refractivity contribution in [2.75, 3.05) is 24.6 Å². The van der Waals surface area contributed by atoms with Crippen LogP contribution < -0.4 is 16.4 Å². The number of nitrogens with two attached hydrogens (primary N) is 1. The van der Waals surface area contributed by atoms with Gasteiger partial charge in [-0.05, 0) is 32.0 Å². The number of carboxylic acids is 1. The van der Waals surface area contributed by atoms with Crippen molar-refractivity contribution in [3.05, 3.63) is 23.8 Å². The van der Waals surface area contributed by atoms with Crippen molar-refractivity contribution in [2.24, 2.45) is 5.41 Å². The first-order valence-electron chi connectivity index (χ1n) is 5.87. The predicted octanol–water partition coefficient (Wildman–Crippen LogP) is 1.15. The molecule has 1 aromatic rings. The second-order valence-electron chi connectivity index (χ2n) is 4.93. The number of rotatable bonds is 5. The van der Waals surface area contributed by atoms with E-state index in [-0.39, 0.29) is 11.5 Å². The molecule has 0 spiro atoms. The number of nitrogen functional groups attached to an aromatic ring is 1. The number of aromatic carboxylic acids is 1. The van der Waals surface area contributed by atoms with E-state index in [1.165, 1.54) is 6.07 Å². The summed E-state index contributed by atoms with van der Waals surface area (Å²) in [5, 5.41) is 14.7. The number of carbonyl (C=O) groups excluding carboxylic acids is 1.